The molecule has 0 bridgehead atoms. The summed E-state index contributed by atoms with van der Waals surface area (Å²) in [6.45, 7) is 5.86. The van der Waals surface area contributed by atoms with Gasteiger partial charge in [0.2, 0.25) is 0 Å². The minimum Gasteiger partial charge on any atom is -0.389 e. The summed E-state index contributed by atoms with van der Waals surface area (Å²) in [6, 6.07) is 2.76. The molecule has 1 amide bonds. The third kappa shape index (κ3) is 4.48. The van der Waals surface area contributed by atoms with Gasteiger partial charge in [-0.25, -0.2) is 4.68 Å². The van der Waals surface area contributed by atoms with Gasteiger partial charge >= 0.3 is 0 Å². The van der Waals surface area contributed by atoms with Crippen LogP contribution < -0.4 is 5.56 Å². The van der Waals surface area contributed by atoms with Crippen molar-refractivity contribution in [3.63, 3.8) is 0 Å². The lowest BCUT2D eigenvalue weighted by Gasteiger charge is -2.25. The van der Waals surface area contributed by atoms with Crippen LogP contribution in [0.4, 0.5) is 0 Å². The number of hydrogen-bond acceptors (Lipinski definition) is 4. The molecule has 0 aliphatic rings. The highest BCUT2D eigenvalue weighted by molar-refractivity contribution is 5.91. The second-order valence-electron chi connectivity index (χ2n) is 5.25. The van der Waals surface area contributed by atoms with Gasteiger partial charge in [-0.3, -0.25) is 9.59 Å². The molecule has 0 saturated heterocycles. The first-order valence-corrected chi connectivity index (χ1v) is 6.30. The van der Waals surface area contributed by atoms with Gasteiger partial charge in [0, 0.05) is 26.2 Å². The molecule has 0 unspecified atom stereocenters. The first kappa shape index (κ1) is 15.4. The monoisotopic (exact) mass is 267 g/mol. The summed E-state index contributed by atoms with van der Waals surface area (Å²) < 4.78 is 1.28. The van der Waals surface area contributed by atoms with Gasteiger partial charge < -0.3 is 10.0 Å². The molecule has 0 atom stereocenters. The average Bonchev–Trinajstić information content (AvgIpc) is 2.29. The summed E-state index contributed by atoms with van der Waals surface area (Å²) in [5, 5.41) is 13.7. The molecule has 0 radical (unpaired) electrons. The third-order valence-electron chi connectivity index (χ3n) is 2.49. The van der Waals surface area contributed by atoms with Gasteiger partial charge in [0.15, 0.2) is 0 Å². The molecule has 0 aliphatic heterocycles. The van der Waals surface area contributed by atoms with Gasteiger partial charge in [-0.1, -0.05) is 6.92 Å². The van der Waals surface area contributed by atoms with Crippen molar-refractivity contribution < 1.29 is 9.90 Å². The largest absolute Gasteiger partial charge is 0.389 e. The Labute approximate surface area is 112 Å². The summed E-state index contributed by atoms with van der Waals surface area (Å²) in [5.41, 5.74) is -0.981. The van der Waals surface area contributed by atoms with Crippen molar-refractivity contribution >= 4 is 5.91 Å². The van der Waals surface area contributed by atoms with Gasteiger partial charge in [-0.2, -0.15) is 5.10 Å². The molecule has 106 valence electrons. The zero-order valence-corrected chi connectivity index (χ0v) is 11.9. The fourth-order valence-electron chi connectivity index (χ4n) is 1.78. The van der Waals surface area contributed by atoms with E-state index < -0.39 is 5.60 Å². The highest BCUT2D eigenvalue weighted by Crippen LogP contribution is 2.06. The number of carbonyl (C=O) groups is 1. The molecule has 0 saturated carbocycles. The SMILES string of the molecule is CCCn1nc(C(=O)N(C)CC(C)(C)O)ccc1=O. The Kier molecular flexibility index (Phi) is 4.83. The van der Waals surface area contributed by atoms with Gasteiger partial charge in [-0.15, -0.1) is 0 Å². The maximum Gasteiger partial charge on any atom is 0.274 e. The van der Waals surface area contributed by atoms with Crippen LogP contribution in [0.5, 0.6) is 0 Å². The van der Waals surface area contributed by atoms with Gasteiger partial charge in [0.25, 0.3) is 11.5 Å². The molecule has 1 rings (SSSR count). The van der Waals surface area contributed by atoms with E-state index in [9.17, 15) is 14.7 Å². The van der Waals surface area contributed by atoms with Crippen molar-refractivity contribution in [3.8, 4) is 0 Å². The topological polar surface area (TPSA) is 75.4 Å². The number of likely N-dealkylation sites (N-methyl/N-ethyl adjacent to an activating group) is 1. The lowest BCUT2D eigenvalue weighted by atomic mass is 10.1. The zero-order chi connectivity index (χ0) is 14.6. The summed E-state index contributed by atoms with van der Waals surface area (Å²) >= 11 is 0. The van der Waals surface area contributed by atoms with Crippen LogP contribution in [-0.4, -0.2) is 44.9 Å². The standard InChI is InChI=1S/C13H21N3O3/c1-5-8-16-11(17)7-6-10(14-16)12(18)15(4)9-13(2,3)19/h6-7,19H,5,8-9H2,1-4H3. The van der Waals surface area contributed by atoms with Crippen molar-refractivity contribution in [1.82, 2.24) is 14.7 Å². The summed E-state index contributed by atoms with van der Waals surface area (Å²) in [6.07, 6.45) is 0.768. The first-order chi connectivity index (χ1) is 8.74. The average molecular weight is 267 g/mol. The molecule has 1 aromatic rings. The summed E-state index contributed by atoms with van der Waals surface area (Å²) in [7, 11) is 1.59. The summed E-state index contributed by atoms with van der Waals surface area (Å²) in [5.74, 6) is -0.313. The van der Waals surface area contributed by atoms with Crippen molar-refractivity contribution in [3.05, 3.63) is 28.2 Å². The van der Waals surface area contributed by atoms with Crippen LogP contribution in [0.25, 0.3) is 0 Å². The van der Waals surface area contributed by atoms with Crippen LogP contribution in [0.3, 0.4) is 0 Å². The number of aliphatic hydroxyl groups is 1. The second-order valence-corrected chi connectivity index (χ2v) is 5.25. The number of amides is 1. The molecule has 0 spiro atoms. The molecule has 1 aromatic heterocycles. The van der Waals surface area contributed by atoms with E-state index in [4.69, 9.17) is 0 Å². The van der Waals surface area contributed by atoms with Crippen LogP contribution >= 0.6 is 0 Å². The van der Waals surface area contributed by atoms with Gasteiger partial charge in [0.1, 0.15) is 5.69 Å². The number of nitrogens with zero attached hydrogens (tertiary/aromatic N) is 3. The van der Waals surface area contributed by atoms with Crippen molar-refractivity contribution in [2.24, 2.45) is 0 Å². The van der Waals surface area contributed by atoms with Crippen molar-refractivity contribution in [1.29, 1.82) is 0 Å². The highest BCUT2D eigenvalue weighted by atomic mass is 16.3. The van der Waals surface area contributed by atoms with Gasteiger partial charge in [0.05, 0.1) is 5.60 Å². The van der Waals surface area contributed by atoms with E-state index in [0.29, 0.717) is 6.54 Å². The van der Waals surface area contributed by atoms with Crippen LogP contribution in [0.1, 0.15) is 37.7 Å². The predicted octanol–water partition coefficient (Wildman–Crippen LogP) is 0.496. The maximum atomic E-state index is 12.1. The molecular formula is C13H21N3O3. The van der Waals surface area contributed by atoms with Crippen LogP contribution in [-0.2, 0) is 6.54 Å². The Morgan fingerprint density at radius 1 is 1.47 bits per heavy atom. The first-order valence-electron chi connectivity index (χ1n) is 6.30. The maximum absolute atomic E-state index is 12.1. The van der Waals surface area contributed by atoms with E-state index in [0.717, 1.165) is 6.42 Å². The minimum atomic E-state index is -0.970. The predicted molar refractivity (Wildman–Crippen MR) is 72.0 cm³/mol. The van der Waals surface area contributed by atoms with Crippen molar-refractivity contribution in [2.45, 2.75) is 39.3 Å². The molecule has 1 N–H and O–H groups in total. The number of aromatic nitrogens is 2. The highest BCUT2D eigenvalue weighted by Gasteiger charge is 2.21. The lowest BCUT2D eigenvalue weighted by molar-refractivity contribution is 0.0363. The van der Waals surface area contributed by atoms with E-state index in [1.165, 1.54) is 21.7 Å². The van der Waals surface area contributed by atoms with Crippen molar-refractivity contribution in [2.75, 3.05) is 13.6 Å². The van der Waals surface area contributed by atoms with Crippen LogP contribution in [0.15, 0.2) is 16.9 Å². The molecule has 6 nitrogen and oxygen atoms in total. The number of rotatable bonds is 5. The van der Waals surface area contributed by atoms with E-state index >= 15 is 0 Å². The summed E-state index contributed by atoms with van der Waals surface area (Å²) in [4.78, 5) is 25.0. The van der Waals surface area contributed by atoms with E-state index in [1.807, 2.05) is 6.92 Å². The smallest absolute Gasteiger partial charge is 0.274 e. The molecule has 1 heterocycles. The second kappa shape index (κ2) is 5.97. The molecule has 0 aromatic carbocycles. The Bertz CT molecular complexity index is 503. The van der Waals surface area contributed by atoms with E-state index in [1.54, 1.807) is 20.9 Å². The molecule has 0 aliphatic carbocycles. The third-order valence-corrected chi connectivity index (χ3v) is 2.49. The Hall–Kier alpha value is -1.69. The van der Waals surface area contributed by atoms with E-state index in [-0.39, 0.29) is 23.7 Å². The zero-order valence-electron chi connectivity index (χ0n) is 11.9. The Morgan fingerprint density at radius 3 is 2.63 bits per heavy atom. The quantitative estimate of drug-likeness (QED) is 0.842. The van der Waals surface area contributed by atoms with Crippen LogP contribution in [0.2, 0.25) is 0 Å². The molecular weight excluding hydrogens is 246 g/mol. The molecule has 6 heteroatoms. The van der Waals surface area contributed by atoms with Crippen LogP contribution in [0, 0.1) is 0 Å². The molecule has 19 heavy (non-hydrogen) atoms. The Balaban J connectivity index is 2.94. The van der Waals surface area contributed by atoms with E-state index in [2.05, 4.69) is 5.10 Å². The number of carbonyl (C=O) groups excluding carboxylic acids is 1. The minimum absolute atomic E-state index is 0.195. The number of hydrogen-bond donors (Lipinski definition) is 1. The lowest BCUT2D eigenvalue weighted by Crippen LogP contribution is -2.40. The fraction of sp³-hybridized carbons (Fsp3) is 0.615. The van der Waals surface area contributed by atoms with Gasteiger partial charge in [-0.05, 0) is 26.3 Å². The normalized spacial score (nSPS) is 11.4. The molecule has 0 fully saturated rings. The Morgan fingerprint density at radius 2 is 2.11 bits per heavy atom. The fourth-order valence-corrected chi connectivity index (χ4v) is 1.78. The number of aryl methyl sites for hydroxylation is 1.